The van der Waals surface area contributed by atoms with Crippen LogP contribution in [0.2, 0.25) is 0 Å². The smallest absolute Gasteiger partial charge is 0.251 e. The molecule has 0 aliphatic heterocycles. The fraction of sp³-hybridized carbons (Fsp3) is 0.562. The van der Waals surface area contributed by atoms with Crippen LogP contribution in [0.4, 0.5) is 0 Å². The molecular formula is C16H25NO3. The number of carbonyl (C=O) groups is 1. The summed E-state index contributed by atoms with van der Waals surface area (Å²) in [5, 5.41) is 21.6. The molecule has 112 valence electrons. The number of amides is 1. The SMILES string of the molecule is CCC(CC)(CCO)CNC(=O)c1cc(C)cc(O)c1. The van der Waals surface area contributed by atoms with Gasteiger partial charge in [0.2, 0.25) is 0 Å². The molecule has 0 aromatic heterocycles. The van der Waals surface area contributed by atoms with Crippen molar-refractivity contribution in [3.05, 3.63) is 29.3 Å². The van der Waals surface area contributed by atoms with Gasteiger partial charge in [0.1, 0.15) is 5.75 Å². The van der Waals surface area contributed by atoms with Gasteiger partial charge in [-0.3, -0.25) is 4.79 Å². The molecule has 0 spiro atoms. The normalized spacial score (nSPS) is 11.4. The Morgan fingerprint density at radius 1 is 1.25 bits per heavy atom. The number of benzene rings is 1. The van der Waals surface area contributed by atoms with E-state index in [1.165, 1.54) is 6.07 Å². The van der Waals surface area contributed by atoms with Crippen molar-refractivity contribution in [1.82, 2.24) is 5.32 Å². The number of nitrogens with one attached hydrogen (secondary N) is 1. The number of aryl methyl sites for hydroxylation is 1. The molecule has 1 rings (SSSR count). The maximum absolute atomic E-state index is 12.1. The summed E-state index contributed by atoms with van der Waals surface area (Å²) in [6.07, 6.45) is 2.49. The second-order valence-electron chi connectivity index (χ2n) is 5.42. The van der Waals surface area contributed by atoms with Crippen LogP contribution in [-0.4, -0.2) is 29.3 Å². The van der Waals surface area contributed by atoms with Crippen molar-refractivity contribution in [2.24, 2.45) is 5.41 Å². The minimum absolute atomic E-state index is 0.0592. The van der Waals surface area contributed by atoms with E-state index in [0.29, 0.717) is 18.5 Å². The van der Waals surface area contributed by atoms with E-state index in [-0.39, 0.29) is 23.7 Å². The Hall–Kier alpha value is -1.55. The van der Waals surface area contributed by atoms with Crippen LogP contribution in [0.1, 0.15) is 49.0 Å². The Bertz CT molecular complexity index is 433. The molecule has 1 aromatic rings. The number of aromatic hydroxyl groups is 1. The number of phenolic OH excluding ortho intramolecular Hbond substituents is 1. The highest BCUT2D eigenvalue weighted by Gasteiger charge is 2.26. The molecule has 0 unspecified atom stereocenters. The molecule has 0 heterocycles. The molecule has 0 aliphatic rings. The monoisotopic (exact) mass is 279 g/mol. The quantitative estimate of drug-likeness (QED) is 0.718. The minimum atomic E-state index is -0.187. The highest BCUT2D eigenvalue weighted by atomic mass is 16.3. The predicted molar refractivity (Wildman–Crippen MR) is 79.9 cm³/mol. The van der Waals surface area contributed by atoms with Crippen LogP contribution in [0.5, 0.6) is 5.75 Å². The molecule has 20 heavy (non-hydrogen) atoms. The van der Waals surface area contributed by atoms with E-state index in [9.17, 15) is 15.0 Å². The van der Waals surface area contributed by atoms with Gasteiger partial charge in [0.25, 0.3) is 5.91 Å². The van der Waals surface area contributed by atoms with Crippen molar-refractivity contribution < 1.29 is 15.0 Å². The lowest BCUT2D eigenvalue weighted by atomic mass is 9.79. The predicted octanol–water partition coefficient (Wildman–Crippen LogP) is 2.62. The van der Waals surface area contributed by atoms with Crippen molar-refractivity contribution >= 4 is 5.91 Å². The molecule has 0 radical (unpaired) electrons. The van der Waals surface area contributed by atoms with E-state index < -0.39 is 0 Å². The van der Waals surface area contributed by atoms with Crippen LogP contribution < -0.4 is 5.32 Å². The zero-order chi connectivity index (χ0) is 15.2. The second-order valence-corrected chi connectivity index (χ2v) is 5.42. The Kier molecular flexibility index (Phi) is 6.02. The first kappa shape index (κ1) is 16.5. The lowest BCUT2D eigenvalue weighted by Crippen LogP contribution is -2.37. The number of carbonyl (C=O) groups excluding carboxylic acids is 1. The molecule has 4 nitrogen and oxygen atoms in total. The van der Waals surface area contributed by atoms with Crippen LogP contribution >= 0.6 is 0 Å². The van der Waals surface area contributed by atoms with Crippen molar-refractivity contribution in [1.29, 1.82) is 0 Å². The van der Waals surface area contributed by atoms with Gasteiger partial charge < -0.3 is 15.5 Å². The third-order valence-electron chi connectivity index (χ3n) is 4.09. The highest BCUT2D eigenvalue weighted by molar-refractivity contribution is 5.94. The van der Waals surface area contributed by atoms with Gasteiger partial charge in [0.15, 0.2) is 0 Å². The molecule has 0 fully saturated rings. The molecule has 3 N–H and O–H groups in total. The van der Waals surface area contributed by atoms with Gasteiger partial charge in [0, 0.05) is 18.7 Å². The van der Waals surface area contributed by atoms with Gasteiger partial charge in [-0.25, -0.2) is 0 Å². The molecule has 0 atom stereocenters. The molecular weight excluding hydrogens is 254 g/mol. The zero-order valence-electron chi connectivity index (χ0n) is 12.6. The molecule has 0 aliphatic carbocycles. The standard InChI is InChI=1S/C16H25NO3/c1-4-16(5-2,6-7-18)11-17-15(20)13-8-12(3)9-14(19)10-13/h8-10,18-19H,4-7,11H2,1-3H3,(H,17,20). The van der Waals surface area contributed by atoms with Crippen LogP contribution in [0.3, 0.4) is 0 Å². The van der Waals surface area contributed by atoms with Gasteiger partial charge in [-0.1, -0.05) is 13.8 Å². The van der Waals surface area contributed by atoms with Gasteiger partial charge >= 0.3 is 0 Å². The molecule has 0 saturated carbocycles. The number of aliphatic hydroxyl groups is 1. The van der Waals surface area contributed by atoms with Crippen LogP contribution in [-0.2, 0) is 0 Å². The van der Waals surface area contributed by atoms with Crippen molar-refractivity contribution in [2.45, 2.75) is 40.0 Å². The lowest BCUT2D eigenvalue weighted by molar-refractivity contribution is 0.0907. The average Bonchev–Trinajstić information content (AvgIpc) is 2.42. The maximum Gasteiger partial charge on any atom is 0.251 e. The van der Waals surface area contributed by atoms with E-state index in [4.69, 9.17) is 0 Å². The molecule has 0 saturated heterocycles. The maximum atomic E-state index is 12.1. The Morgan fingerprint density at radius 2 is 1.90 bits per heavy atom. The third kappa shape index (κ3) is 4.23. The zero-order valence-corrected chi connectivity index (χ0v) is 12.6. The topological polar surface area (TPSA) is 69.6 Å². The van der Waals surface area contributed by atoms with Crippen LogP contribution in [0.25, 0.3) is 0 Å². The summed E-state index contributed by atoms with van der Waals surface area (Å²) in [5.74, 6) is -0.0871. The van der Waals surface area contributed by atoms with E-state index >= 15 is 0 Å². The Balaban J connectivity index is 2.74. The number of rotatable bonds is 7. The van der Waals surface area contributed by atoms with Crippen LogP contribution in [0, 0.1) is 12.3 Å². The fourth-order valence-electron chi connectivity index (χ4n) is 2.44. The highest BCUT2D eigenvalue weighted by Crippen LogP contribution is 2.29. The largest absolute Gasteiger partial charge is 0.508 e. The molecule has 4 heteroatoms. The summed E-state index contributed by atoms with van der Waals surface area (Å²) >= 11 is 0. The molecule has 1 aromatic carbocycles. The lowest BCUT2D eigenvalue weighted by Gasteiger charge is -2.31. The van der Waals surface area contributed by atoms with Gasteiger partial charge in [-0.05, 0) is 55.4 Å². The first-order valence-electron chi connectivity index (χ1n) is 7.16. The first-order valence-corrected chi connectivity index (χ1v) is 7.16. The van der Waals surface area contributed by atoms with Gasteiger partial charge in [-0.15, -0.1) is 0 Å². The van der Waals surface area contributed by atoms with E-state index in [2.05, 4.69) is 19.2 Å². The second kappa shape index (κ2) is 7.29. The van der Waals surface area contributed by atoms with Crippen molar-refractivity contribution in [3.63, 3.8) is 0 Å². The average molecular weight is 279 g/mol. The fourth-order valence-corrected chi connectivity index (χ4v) is 2.44. The summed E-state index contributed by atoms with van der Waals surface area (Å²) in [6.45, 7) is 6.65. The summed E-state index contributed by atoms with van der Waals surface area (Å²) in [6, 6.07) is 4.83. The van der Waals surface area contributed by atoms with E-state index in [0.717, 1.165) is 18.4 Å². The third-order valence-corrected chi connectivity index (χ3v) is 4.09. The first-order chi connectivity index (χ1) is 9.46. The number of hydrogen-bond acceptors (Lipinski definition) is 3. The molecule has 0 bridgehead atoms. The summed E-state index contributed by atoms with van der Waals surface area (Å²) in [7, 11) is 0. The summed E-state index contributed by atoms with van der Waals surface area (Å²) < 4.78 is 0. The number of hydrogen-bond donors (Lipinski definition) is 3. The van der Waals surface area contributed by atoms with Crippen LogP contribution in [0.15, 0.2) is 18.2 Å². The Morgan fingerprint density at radius 3 is 2.40 bits per heavy atom. The summed E-state index contributed by atoms with van der Waals surface area (Å²) in [5.41, 5.74) is 1.26. The van der Waals surface area contributed by atoms with Crippen molar-refractivity contribution in [3.8, 4) is 5.75 Å². The van der Waals surface area contributed by atoms with E-state index in [1.54, 1.807) is 12.1 Å². The number of aliphatic hydroxyl groups excluding tert-OH is 1. The van der Waals surface area contributed by atoms with Gasteiger partial charge in [0.05, 0.1) is 0 Å². The van der Waals surface area contributed by atoms with Crippen molar-refractivity contribution in [2.75, 3.05) is 13.2 Å². The number of phenols is 1. The Labute approximate surface area is 120 Å². The molecule has 1 amide bonds. The summed E-state index contributed by atoms with van der Waals surface area (Å²) in [4.78, 5) is 12.1. The minimum Gasteiger partial charge on any atom is -0.508 e. The van der Waals surface area contributed by atoms with E-state index in [1.807, 2.05) is 6.92 Å². The van der Waals surface area contributed by atoms with Gasteiger partial charge in [-0.2, -0.15) is 0 Å².